The van der Waals surface area contributed by atoms with E-state index in [0.717, 1.165) is 5.56 Å². The molecular formula is C17H17FN2O3S. The van der Waals surface area contributed by atoms with Crippen molar-refractivity contribution in [2.75, 3.05) is 15.9 Å². The number of sulfonamides is 1. The number of hydrogen-bond donors (Lipinski definition) is 1. The summed E-state index contributed by atoms with van der Waals surface area (Å²) in [4.78, 5) is 12.3. The monoisotopic (exact) mass is 348 g/mol. The maximum Gasteiger partial charge on any atom is 0.255 e. The smallest absolute Gasteiger partial charge is 0.255 e. The van der Waals surface area contributed by atoms with Gasteiger partial charge >= 0.3 is 0 Å². The lowest BCUT2D eigenvalue weighted by Gasteiger charge is -2.21. The molecule has 2 aromatic rings. The van der Waals surface area contributed by atoms with Crippen molar-refractivity contribution in [1.82, 2.24) is 0 Å². The molecule has 7 heteroatoms. The molecule has 0 aliphatic carbocycles. The Hall–Kier alpha value is -2.41. The number of carbonyl (C=O) groups is 1. The summed E-state index contributed by atoms with van der Waals surface area (Å²) in [6.45, 7) is 1.83. The summed E-state index contributed by atoms with van der Waals surface area (Å²) in [5.74, 6) is -0.699. The fourth-order valence-corrected chi connectivity index (χ4v) is 4.25. The van der Waals surface area contributed by atoms with E-state index in [9.17, 15) is 17.6 Å². The van der Waals surface area contributed by atoms with Gasteiger partial charge in [0.1, 0.15) is 5.82 Å². The predicted molar refractivity (Wildman–Crippen MR) is 91.3 cm³/mol. The predicted octanol–water partition coefficient (Wildman–Crippen LogP) is 2.79. The van der Waals surface area contributed by atoms with Crippen molar-refractivity contribution in [3.63, 3.8) is 0 Å². The molecule has 0 saturated carbocycles. The lowest BCUT2D eigenvalue weighted by molar-refractivity contribution is 0.102. The van der Waals surface area contributed by atoms with Crippen LogP contribution in [0.25, 0.3) is 0 Å². The van der Waals surface area contributed by atoms with Gasteiger partial charge in [-0.05, 0) is 61.4 Å². The van der Waals surface area contributed by atoms with Crippen LogP contribution < -0.4 is 9.62 Å². The van der Waals surface area contributed by atoms with E-state index in [1.165, 1.54) is 34.8 Å². The van der Waals surface area contributed by atoms with Gasteiger partial charge in [0, 0.05) is 17.3 Å². The molecule has 1 atom stereocenters. The summed E-state index contributed by atoms with van der Waals surface area (Å²) in [6.07, 6.45) is 1.73. The Morgan fingerprint density at radius 3 is 2.50 bits per heavy atom. The van der Waals surface area contributed by atoms with Crippen LogP contribution in [0.4, 0.5) is 15.8 Å². The van der Waals surface area contributed by atoms with Crippen molar-refractivity contribution in [3.8, 4) is 0 Å². The number of carbonyl (C=O) groups excluding carboxylic acids is 1. The Bertz CT molecular complexity index is 895. The van der Waals surface area contributed by atoms with Crippen molar-refractivity contribution in [2.45, 2.75) is 19.4 Å². The van der Waals surface area contributed by atoms with Gasteiger partial charge in [-0.1, -0.05) is 0 Å². The van der Waals surface area contributed by atoms with E-state index in [2.05, 4.69) is 5.32 Å². The van der Waals surface area contributed by atoms with Crippen LogP contribution >= 0.6 is 0 Å². The number of benzene rings is 2. The topological polar surface area (TPSA) is 66.5 Å². The van der Waals surface area contributed by atoms with E-state index in [1.807, 2.05) is 6.92 Å². The van der Waals surface area contributed by atoms with Crippen LogP contribution in [-0.4, -0.2) is 26.6 Å². The van der Waals surface area contributed by atoms with Gasteiger partial charge in [0.15, 0.2) is 0 Å². The third-order valence-corrected chi connectivity index (χ3v) is 5.23. The molecule has 24 heavy (non-hydrogen) atoms. The van der Waals surface area contributed by atoms with Gasteiger partial charge < -0.3 is 5.32 Å². The Morgan fingerprint density at radius 1 is 1.21 bits per heavy atom. The quantitative estimate of drug-likeness (QED) is 0.927. The Kier molecular flexibility index (Phi) is 4.04. The van der Waals surface area contributed by atoms with Crippen LogP contribution in [0.15, 0.2) is 42.5 Å². The molecule has 0 aromatic heterocycles. The van der Waals surface area contributed by atoms with Gasteiger partial charge in [0.25, 0.3) is 5.91 Å². The second kappa shape index (κ2) is 5.90. The van der Waals surface area contributed by atoms with Crippen LogP contribution in [0, 0.1) is 5.82 Å². The number of nitrogens with zero attached hydrogens (tertiary/aromatic N) is 1. The molecule has 1 N–H and O–H groups in total. The fourth-order valence-electron chi connectivity index (χ4n) is 2.99. The molecule has 2 aromatic carbocycles. The van der Waals surface area contributed by atoms with E-state index in [-0.39, 0.29) is 17.8 Å². The number of fused-ring (bicyclic) bond motifs is 1. The van der Waals surface area contributed by atoms with Crippen LogP contribution in [0.1, 0.15) is 22.8 Å². The molecular weight excluding hydrogens is 331 g/mol. The van der Waals surface area contributed by atoms with E-state index in [1.54, 1.807) is 18.2 Å². The molecule has 0 fully saturated rings. The zero-order chi connectivity index (χ0) is 17.5. The van der Waals surface area contributed by atoms with Crippen molar-refractivity contribution in [2.24, 2.45) is 0 Å². The zero-order valence-corrected chi connectivity index (χ0v) is 14.1. The van der Waals surface area contributed by atoms with Crippen molar-refractivity contribution >= 4 is 27.3 Å². The number of amides is 1. The minimum absolute atomic E-state index is 0.176. The van der Waals surface area contributed by atoms with Crippen LogP contribution in [0.5, 0.6) is 0 Å². The van der Waals surface area contributed by atoms with E-state index >= 15 is 0 Å². The van der Waals surface area contributed by atoms with Gasteiger partial charge in [0.2, 0.25) is 10.0 Å². The zero-order valence-electron chi connectivity index (χ0n) is 13.3. The fraction of sp³-hybridized carbons (Fsp3) is 0.235. The Balaban J connectivity index is 1.86. The average molecular weight is 348 g/mol. The molecule has 3 rings (SSSR count). The molecule has 126 valence electrons. The van der Waals surface area contributed by atoms with E-state index in [4.69, 9.17) is 0 Å². The second-order valence-corrected chi connectivity index (χ2v) is 7.78. The third-order valence-electron chi connectivity index (χ3n) is 3.95. The summed E-state index contributed by atoms with van der Waals surface area (Å²) in [5.41, 5.74) is 2.36. The molecule has 0 radical (unpaired) electrons. The molecule has 1 aliphatic heterocycles. The first-order valence-corrected chi connectivity index (χ1v) is 9.30. The Labute approximate surface area is 140 Å². The SMILES string of the molecule is C[C@@H]1Cc2cc(C(=O)Nc3ccc(F)cc3)ccc2N1S(C)(=O)=O. The molecule has 0 unspecified atom stereocenters. The van der Waals surface area contributed by atoms with Crippen molar-refractivity contribution in [3.05, 3.63) is 59.4 Å². The maximum atomic E-state index is 12.9. The highest BCUT2D eigenvalue weighted by Gasteiger charge is 2.32. The maximum absolute atomic E-state index is 12.9. The van der Waals surface area contributed by atoms with E-state index < -0.39 is 10.0 Å². The number of halogens is 1. The average Bonchev–Trinajstić information content (AvgIpc) is 2.84. The number of rotatable bonds is 3. The second-order valence-electron chi connectivity index (χ2n) is 5.92. The largest absolute Gasteiger partial charge is 0.322 e. The van der Waals surface area contributed by atoms with Crippen LogP contribution in [0.3, 0.4) is 0 Å². The highest BCUT2D eigenvalue weighted by molar-refractivity contribution is 7.92. The normalized spacial score (nSPS) is 16.8. The minimum Gasteiger partial charge on any atom is -0.322 e. The summed E-state index contributed by atoms with van der Waals surface area (Å²) in [5, 5.41) is 2.69. The van der Waals surface area contributed by atoms with Gasteiger partial charge in [-0.3, -0.25) is 9.10 Å². The third kappa shape index (κ3) is 3.12. The minimum atomic E-state index is -3.35. The van der Waals surface area contributed by atoms with E-state index in [0.29, 0.717) is 23.4 Å². The first kappa shape index (κ1) is 16.4. The number of nitrogens with one attached hydrogen (secondary N) is 1. The molecule has 1 heterocycles. The highest BCUT2D eigenvalue weighted by atomic mass is 32.2. The van der Waals surface area contributed by atoms with Crippen LogP contribution in [0.2, 0.25) is 0 Å². The summed E-state index contributed by atoms with van der Waals surface area (Å²) in [7, 11) is -3.35. The summed E-state index contributed by atoms with van der Waals surface area (Å²) < 4.78 is 38.1. The summed E-state index contributed by atoms with van der Waals surface area (Å²) in [6, 6.07) is 10.3. The van der Waals surface area contributed by atoms with Crippen LogP contribution in [-0.2, 0) is 16.4 Å². The molecule has 0 bridgehead atoms. The highest BCUT2D eigenvalue weighted by Crippen LogP contribution is 2.34. The first-order chi connectivity index (χ1) is 11.3. The first-order valence-electron chi connectivity index (χ1n) is 7.45. The van der Waals surface area contributed by atoms with Crippen molar-refractivity contribution < 1.29 is 17.6 Å². The van der Waals surface area contributed by atoms with Gasteiger partial charge in [-0.15, -0.1) is 0 Å². The molecule has 0 spiro atoms. The number of hydrogen-bond acceptors (Lipinski definition) is 3. The molecule has 0 saturated heterocycles. The standard InChI is InChI=1S/C17H17FN2O3S/c1-11-9-13-10-12(3-8-16(13)20(11)24(2,22)23)17(21)19-15-6-4-14(18)5-7-15/h3-8,10-11H,9H2,1-2H3,(H,19,21)/t11-/m1/s1. The Morgan fingerprint density at radius 2 is 1.88 bits per heavy atom. The molecule has 5 nitrogen and oxygen atoms in total. The molecule has 1 amide bonds. The summed E-state index contributed by atoms with van der Waals surface area (Å²) >= 11 is 0. The van der Waals surface area contributed by atoms with Gasteiger partial charge in [-0.25, -0.2) is 12.8 Å². The lowest BCUT2D eigenvalue weighted by Crippen LogP contribution is -2.34. The van der Waals surface area contributed by atoms with Crippen molar-refractivity contribution in [1.29, 1.82) is 0 Å². The lowest BCUT2D eigenvalue weighted by atomic mass is 10.1. The van der Waals surface area contributed by atoms with Gasteiger partial charge in [-0.2, -0.15) is 0 Å². The number of anilines is 2. The molecule has 1 aliphatic rings. The van der Waals surface area contributed by atoms with Gasteiger partial charge in [0.05, 0.1) is 11.9 Å².